The van der Waals surface area contributed by atoms with Crippen molar-refractivity contribution in [3.05, 3.63) is 60.2 Å². The Balaban J connectivity index is 1.59. The van der Waals surface area contributed by atoms with E-state index in [1.54, 1.807) is 18.5 Å². The number of hydrogen-bond acceptors (Lipinski definition) is 7. The largest absolute Gasteiger partial charge is 0.382 e. The second kappa shape index (κ2) is 10.3. The number of rotatable bonds is 7. The molecule has 1 aliphatic rings. The average molecular weight is 493 g/mol. The van der Waals surface area contributed by atoms with Crippen LogP contribution >= 0.6 is 0 Å². The second-order valence-corrected chi connectivity index (χ2v) is 10.4. The van der Waals surface area contributed by atoms with E-state index < -0.39 is 21.1 Å². The highest BCUT2D eigenvalue weighted by Crippen LogP contribution is 2.33. The molecule has 1 aromatic heterocycles. The van der Waals surface area contributed by atoms with Gasteiger partial charge >= 0.3 is 0 Å². The number of hydrogen-bond donors (Lipinski definition) is 2. The van der Waals surface area contributed by atoms with Gasteiger partial charge < -0.3 is 10.7 Å². The molecule has 0 amide bonds. The first kappa shape index (κ1) is 24.4. The van der Waals surface area contributed by atoms with Gasteiger partial charge in [-0.2, -0.15) is 5.26 Å². The molecule has 1 fully saturated rings. The summed E-state index contributed by atoms with van der Waals surface area (Å²) in [6.07, 6.45) is 6.81. The minimum Gasteiger partial charge on any atom is -0.382 e. The van der Waals surface area contributed by atoms with Gasteiger partial charge in [-0.3, -0.25) is 9.98 Å². The first-order valence-electron chi connectivity index (χ1n) is 11.1. The highest BCUT2D eigenvalue weighted by molar-refractivity contribution is 7.91. The number of sulfonamides is 1. The van der Waals surface area contributed by atoms with Crippen molar-refractivity contribution in [1.29, 1.82) is 10.7 Å². The van der Waals surface area contributed by atoms with E-state index in [0.717, 1.165) is 33.8 Å². The van der Waals surface area contributed by atoms with Crippen LogP contribution < -0.4 is 5.32 Å². The minimum absolute atomic E-state index is 0.0169. The van der Waals surface area contributed by atoms with Gasteiger partial charge in [0.2, 0.25) is 10.0 Å². The van der Waals surface area contributed by atoms with Crippen molar-refractivity contribution in [3.8, 4) is 17.2 Å². The molecule has 10 heteroatoms. The van der Waals surface area contributed by atoms with E-state index in [1.807, 2.05) is 24.3 Å². The third-order valence-electron chi connectivity index (χ3n) is 6.15. The molecule has 1 unspecified atom stereocenters. The van der Waals surface area contributed by atoms with Crippen LogP contribution in [0.5, 0.6) is 0 Å². The van der Waals surface area contributed by atoms with E-state index in [2.05, 4.69) is 15.3 Å². The number of anilines is 1. The fraction of sp³-hybridized carbons (Fsp3) is 0.280. The summed E-state index contributed by atoms with van der Waals surface area (Å²) in [4.78, 5) is 8.02. The van der Waals surface area contributed by atoms with Crippen molar-refractivity contribution in [2.45, 2.75) is 24.1 Å². The highest BCUT2D eigenvalue weighted by atomic mass is 32.2. The summed E-state index contributed by atoms with van der Waals surface area (Å²) in [5, 5.41) is 21.0. The normalized spacial score (nSPS) is 16.3. The van der Waals surface area contributed by atoms with E-state index in [-0.39, 0.29) is 11.6 Å². The molecule has 0 saturated carbocycles. The van der Waals surface area contributed by atoms with Gasteiger partial charge in [0.1, 0.15) is 17.1 Å². The van der Waals surface area contributed by atoms with Crippen LogP contribution in [0.3, 0.4) is 0 Å². The molecule has 1 saturated heterocycles. The van der Waals surface area contributed by atoms with Gasteiger partial charge in [-0.15, -0.1) is 0 Å². The molecular formula is C25H25FN6O2S. The molecule has 8 nitrogen and oxygen atoms in total. The predicted octanol–water partition coefficient (Wildman–Crippen LogP) is 3.84. The molecular weight excluding hydrogens is 467 g/mol. The van der Waals surface area contributed by atoms with Gasteiger partial charge in [0.15, 0.2) is 0 Å². The van der Waals surface area contributed by atoms with E-state index in [0.29, 0.717) is 25.9 Å². The third kappa shape index (κ3) is 5.06. The molecule has 3 aromatic rings. The number of nitriles is 1. The van der Waals surface area contributed by atoms with Gasteiger partial charge in [0.25, 0.3) is 0 Å². The van der Waals surface area contributed by atoms with Crippen molar-refractivity contribution in [2.75, 3.05) is 25.5 Å². The van der Waals surface area contributed by atoms with Crippen LogP contribution in [-0.2, 0) is 10.0 Å². The molecule has 4 rings (SSSR count). The van der Waals surface area contributed by atoms with Crippen LogP contribution in [0, 0.1) is 22.6 Å². The Hall–Kier alpha value is -3.68. The molecule has 0 aliphatic carbocycles. The van der Waals surface area contributed by atoms with Crippen LogP contribution in [0.25, 0.3) is 21.9 Å². The average Bonchev–Trinajstić information content (AvgIpc) is 2.87. The first-order chi connectivity index (χ1) is 16.9. The lowest BCUT2D eigenvalue weighted by atomic mass is 9.98. The quantitative estimate of drug-likeness (QED) is 0.485. The topological polar surface area (TPSA) is 122 Å². The number of benzene rings is 2. The number of pyridine rings is 1. The van der Waals surface area contributed by atoms with Crippen molar-refractivity contribution in [3.63, 3.8) is 0 Å². The van der Waals surface area contributed by atoms with E-state index in [9.17, 15) is 18.1 Å². The molecule has 0 radical (unpaired) electrons. The molecule has 0 bridgehead atoms. The molecule has 2 aromatic carbocycles. The van der Waals surface area contributed by atoms with Gasteiger partial charge in [-0.05, 0) is 59.7 Å². The molecule has 2 N–H and O–H groups in total. The lowest BCUT2D eigenvalue weighted by molar-refractivity contribution is 0.330. The molecule has 35 heavy (non-hydrogen) atoms. The zero-order valence-electron chi connectivity index (χ0n) is 19.1. The number of aliphatic imine (C=N–C) groups is 1. The predicted molar refractivity (Wildman–Crippen MR) is 136 cm³/mol. The SMILES string of the molecule is CN=CC(C=N)S(=O)(=O)N1CCC(Nc2cc(-c3ccc(F)c(C#N)c3)cc3ccncc23)CC1. The van der Waals surface area contributed by atoms with E-state index in [1.165, 1.54) is 29.7 Å². The number of halogens is 1. The second-order valence-electron chi connectivity index (χ2n) is 8.33. The standard InChI is InChI=1S/C25H25FN6O2S/c1-29-15-22(14-28)35(33,34)32-8-5-21(6-9-32)31-25-12-19(11-18-4-7-30-16-23(18)25)17-2-3-24(26)20(10-17)13-27/h2-4,7,10-12,14-16,21-22,28,31H,5-6,8-9H2,1H3. The maximum absolute atomic E-state index is 13.8. The van der Waals surface area contributed by atoms with Gasteiger partial charge in [0, 0.05) is 62.1 Å². The number of piperidine rings is 1. The third-order valence-corrected chi connectivity index (χ3v) is 8.18. The summed E-state index contributed by atoms with van der Waals surface area (Å²) >= 11 is 0. The van der Waals surface area contributed by atoms with E-state index >= 15 is 0 Å². The summed E-state index contributed by atoms with van der Waals surface area (Å²) < 4.78 is 40.9. The number of aromatic nitrogens is 1. The van der Waals surface area contributed by atoms with E-state index in [4.69, 9.17) is 5.41 Å². The van der Waals surface area contributed by atoms with Crippen molar-refractivity contribution in [1.82, 2.24) is 9.29 Å². The fourth-order valence-corrected chi connectivity index (χ4v) is 5.79. The summed E-state index contributed by atoms with van der Waals surface area (Å²) in [6, 6.07) is 12.2. The maximum Gasteiger partial charge on any atom is 0.227 e. The molecule has 180 valence electrons. The minimum atomic E-state index is -3.67. The molecule has 1 aliphatic heterocycles. The zero-order chi connectivity index (χ0) is 25.0. The Labute approximate surface area is 203 Å². The Kier molecular flexibility index (Phi) is 7.19. The molecule has 0 spiro atoms. The smallest absolute Gasteiger partial charge is 0.227 e. The summed E-state index contributed by atoms with van der Waals surface area (Å²) in [6.45, 7) is 0.669. The fourth-order valence-electron chi connectivity index (χ4n) is 4.27. The Bertz CT molecular complexity index is 1430. The van der Waals surface area contributed by atoms with Crippen molar-refractivity contribution >= 4 is 38.9 Å². The number of fused-ring (bicyclic) bond motifs is 1. The highest BCUT2D eigenvalue weighted by Gasteiger charge is 2.33. The maximum atomic E-state index is 13.8. The Morgan fingerprint density at radius 3 is 2.71 bits per heavy atom. The lowest BCUT2D eigenvalue weighted by Gasteiger charge is -2.33. The number of nitrogens with zero attached hydrogens (tertiary/aromatic N) is 4. The first-order valence-corrected chi connectivity index (χ1v) is 12.6. The van der Waals surface area contributed by atoms with Gasteiger partial charge in [-0.25, -0.2) is 17.1 Å². The summed E-state index contributed by atoms with van der Waals surface area (Å²) in [5.74, 6) is -0.559. The Morgan fingerprint density at radius 1 is 1.26 bits per heavy atom. The van der Waals surface area contributed by atoms with Crippen molar-refractivity contribution in [2.24, 2.45) is 4.99 Å². The van der Waals surface area contributed by atoms with Crippen LogP contribution in [0.2, 0.25) is 0 Å². The molecule has 2 heterocycles. The Morgan fingerprint density at radius 2 is 2.03 bits per heavy atom. The number of nitrogens with one attached hydrogen (secondary N) is 2. The van der Waals surface area contributed by atoms with Gasteiger partial charge in [0.05, 0.1) is 5.56 Å². The van der Waals surface area contributed by atoms with Crippen LogP contribution in [-0.4, -0.2) is 61.6 Å². The molecule has 1 atom stereocenters. The zero-order valence-corrected chi connectivity index (χ0v) is 20.0. The van der Waals surface area contributed by atoms with Crippen LogP contribution in [0.1, 0.15) is 18.4 Å². The van der Waals surface area contributed by atoms with Crippen LogP contribution in [0.4, 0.5) is 10.1 Å². The monoisotopic (exact) mass is 492 g/mol. The lowest BCUT2D eigenvalue weighted by Crippen LogP contribution is -2.46. The summed E-state index contributed by atoms with van der Waals surface area (Å²) in [7, 11) is -2.19. The summed E-state index contributed by atoms with van der Waals surface area (Å²) in [5.41, 5.74) is 2.37. The van der Waals surface area contributed by atoms with Crippen LogP contribution in [0.15, 0.2) is 53.8 Å². The van der Waals surface area contributed by atoms with Gasteiger partial charge in [-0.1, -0.05) is 6.07 Å². The van der Waals surface area contributed by atoms with Crippen molar-refractivity contribution < 1.29 is 12.8 Å².